The van der Waals surface area contributed by atoms with E-state index in [-0.39, 0.29) is 12.1 Å². The fourth-order valence-corrected chi connectivity index (χ4v) is 3.35. The van der Waals surface area contributed by atoms with Gasteiger partial charge in [-0.1, -0.05) is 30.3 Å². The van der Waals surface area contributed by atoms with Gasteiger partial charge in [-0.05, 0) is 18.1 Å². The highest BCUT2D eigenvalue weighted by atomic mass is 32.2. The predicted molar refractivity (Wildman–Crippen MR) is 73.9 cm³/mol. The van der Waals surface area contributed by atoms with Crippen molar-refractivity contribution in [2.24, 2.45) is 0 Å². The van der Waals surface area contributed by atoms with Crippen LogP contribution in [-0.2, 0) is 9.53 Å². The fourth-order valence-electron chi connectivity index (χ4n) is 1.86. The Kier molecular flexibility index (Phi) is 4.18. The van der Waals surface area contributed by atoms with Gasteiger partial charge in [0, 0.05) is 6.42 Å². The van der Waals surface area contributed by atoms with Crippen molar-refractivity contribution in [1.82, 2.24) is 0 Å². The van der Waals surface area contributed by atoms with Crippen molar-refractivity contribution >= 4 is 29.5 Å². The van der Waals surface area contributed by atoms with E-state index in [4.69, 9.17) is 4.74 Å². The summed E-state index contributed by atoms with van der Waals surface area (Å²) in [6.07, 6.45) is 4.54. The predicted octanol–water partition coefficient (Wildman–Crippen LogP) is 3.61. The highest BCUT2D eigenvalue weighted by molar-refractivity contribution is 8.21. The Balaban J connectivity index is 2.24. The zero-order valence-electron chi connectivity index (χ0n) is 9.80. The molecule has 1 fully saturated rings. The van der Waals surface area contributed by atoms with E-state index >= 15 is 0 Å². The molecule has 0 saturated carbocycles. The Morgan fingerprint density at radius 2 is 1.88 bits per heavy atom. The molecule has 0 radical (unpaired) electrons. The van der Waals surface area contributed by atoms with Gasteiger partial charge in [-0.3, -0.25) is 0 Å². The average molecular weight is 266 g/mol. The van der Waals surface area contributed by atoms with Crippen LogP contribution in [0.5, 0.6) is 0 Å². The molecular formula is C13H14O2S2. The first-order chi connectivity index (χ1) is 8.26. The number of benzene rings is 1. The summed E-state index contributed by atoms with van der Waals surface area (Å²) in [4.78, 5) is 11.8. The van der Waals surface area contributed by atoms with Gasteiger partial charge in [0.15, 0.2) is 0 Å². The van der Waals surface area contributed by atoms with Crippen LogP contribution in [0.4, 0.5) is 0 Å². The molecule has 0 N–H and O–H groups in total. The molecule has 2 nitrogen and oxygen atoms in total. The maximum atomic E-state index is 11.8. The van der Waals surface area contributed by atoms with Crippen LogP contribution in [0.15, 0.2) is 40.1 Å². The van der Waals surface area contributed by atoms with Crippen molar-refractivity contribution in [1.29, 1.82) is 0 Å². The van der Waals surface area contributed by atoms with Crippen molar-refractivity contribution in [3.05, 3.63) is 45.7 Å². The second-order valence-electron chi connectivity index (χ2n) is 3.68. The lowest BCUT2D eigenvalue weighted by atomic mass is 10.1. The summed E-state index contributed by atoms with van der Waals surface area (Å²) in [6, 6.07) is 9.90. The van der Waals surface area contributed by atoms with Gasteiger partial charge >= 0.3 is 5.97 Å². The van der Waals surface area contributed by atoms with Crippen LogP contribution in [0.2, 0.25) is 0 Å². The average Bonchev–Trinajstić information content (AvgIpc) is 2.75. The van der Waals surface area contributed by atoms with Crippen molar-refractivity contribution in [2.45, 2.75) is 12.5 Å². The van der Waals surface area contributed by atoms with Crippen LogP contribution in [-0.4, -0.2) is 18.5 Å². The smallest absolute Gasteiger partial charge is 0.336 e. The Bertz CT molecular complexity index is 434. The molecule has 1 aliphatic heterocycles. The summed E-state index contributed by atoms with van der Waals surface area (Å²) < 4.78 is 6.48. The lowest BCUT2D eigenvalue weighted by Crippen LogP contribution is -1.98. The first-order valence-electron chi connectivity index (χ1n) is 5.33. The summed E-state index contributed by atoms with van der Waals surface area (Å²) in [5.74, 6) is -0.169. The summed E-state index contributed by atoms with van der Waals surface area (Å²) in [5, 5.41) is 0. The lowest BCUT2D eigenvalue weighted by Gasteiger charge is -2.07. The molecule has 1 atom stereocenters. The maximum absolute atomic E-state index is 11.8. The molecule has 1 unspecified atom stereocenters. The summed E-state index contributed by atoms with van der Waals surface area (Å²) in [6.45, 7) is 0. The third kappa shape index (κ3) is 2.69. The topological polar surface area (TPSA) is 26.3 Å². The standard InChI is InChI=1S/C13H14O2S2/c1-16-13(17-2)10-8-11(15-12(10)14)9-6-4-3-5-7-9/h3-7,11H,8H2,1-2H3. The summed E-state index contributed by atoms with van der Waals surface area (Å²) in [7, 11) is 0. The lowest BCUT2D eigenvalue weighted by molar-refractivity contribution is -0.139. The summed E-state index contributed by atoms with van der Waals surface area (Å²) in [5.41, 5.74) is 1.89. The van der Waals surface area contributed by atoms with Gasteiger partial charge in [0.1, 0.15) is 6.10 Å². The second-order valence-corrected chi connectivity index (χ2v) is 5.57. The first kappa shape index (κ1) is 12.6. The number of carbonyl (C=O) groups excluding carboxylic acids is 1. The fraction of sp³-hybridized carbons (Fsp3) is 0.308. The van der Waals surface area contributed by atoms with Gasteiger partial charge in [-0.25, -0.2) is 4.79 Å². The van der Waals surface area contributed by atoms with E-state index in [0.717, 1.165) is 15.4 Å². The SMILES string of the molecule is CSC(SC)=C1CC(c2ccccc2)OC1=O. The molecule has 1 saturated heterocycles. The van der Waals surface area contributed by atoms with Crippen LogP contribution >= 0.6 is 23.5 Å². The molecule has 4 heteroatoms. The zero-order chi connectivity index (χ0) is 12.3. The van der Waals surface area contributed by atoms with Crippen molar-refractivity contribution in [2.75, 3.05) is 12.5 Å². The largest absolute Gasteiger partial charge is 0.454 e. The molecule has 0 spiro atoms. The molecule has 1 aromatic carbocycles. The molecule has 90 valence electrons. The van der Waals surface area contributed by atoms with Gasteiger partial charge < -0.3 is 4.74 Å². The molecule has 1 aromatic rings. The normalized spacial score (nSPS) is 19.3. The minimum Gasteiger partial charge on any atom is -0.454 e. The molecule has 17 heavy (non-hydrogen) atoms. The number of carbonyl (C=O) groups is 1. The molecule has 2 rings (SSSR count). The highest BCUT2D eigenvalue weighted by Crippen LogP contribution is 2.39. The van der Waals surface area contributed by atoms with Crippen LogP contribution < -0.4 is 0 Å². The quantitative estimate of drug-likeness (QED) is 0.616. The number of esters is 1. The first-order valence-corrected chi connectivity index (χ1v) is 7.78. The molecular weight excluding hydrogens is 252 g/mol. The zero-order valence-corrected chi connectivity index (χ0v) is 11.4. The number of ether oxygens (including phenoxy) is 1. The molecule has 1 aliphatic rings. The molecule has 0 amide bonds. The minimum atomic E-state index is -0.169. The van der Waals surface area contributed by atoms with Crippen molar-refractivity contribution in [3.63, 3.8) is 0 Å². The monoisotopic (exact) mass is 266 g/mol. The molecule has 1 heterocycles. The third-order valence-corrected chi connectivity index (χ3v) is 4.91. The van der Waals surface area contributed by atoms with E-state index in [0.29, 0.717) is 6.42 Å². The van der Waals surface area contributed by atoms with Crippen LogP contribution in [0.1, 0.15) is 18.1 Å². The number of cyclic esters (lactones) is 1. The molecule has 0 aliphatic carbocycles. The number of hydrogen-bond acceptors (Lipinski definition) is 4. The number of thioether (sulfide) groups is 2. The van der Waals surface area contributed by atoms with Crippen molar-refractivity contribution < 1.29 is 9.53 Å². The van der Waals surface area contributed by atoms with Crippen molar-refractivity contribution in [3.8, 4) is 0 Å². The van der Waals surface area contributed by atoms with Gasteiger partial charge in [0.05, 0.1) is 9.81 Å². The minimum absolute atomic E-state index is 0.118. The number of rotatable bonds is 3. The van der Waals surface area contributed by atoms with Crippen LogP contribution in [0.25, 0.3) is 0 Å². The Morgan fingerprint density at radius 1 is 1.24 bits per heavy atom. The Morgan fingerprint density at radius 3 is 2.47 bits per heavy atom. The van der Waals surface area contributed by atoms with Gasteiger partial charge in [-0.2, -0.15) is 0 Å². The van der Waals surface area contributed by atoms with Gasteiger partial charge in [0.2, 0.25) is 0 Å². The maximum Gasteiger partial charge on any atom is 0.336 e. The Labute approximate surface area is 110 Å². The van der Waals surface area contributed by atoms with E-state index in [1.165, 1.54) is 0 Å². The van der Waals surface area contributed by atoms with E-state index in [2.05, 4.69) is 0 Å². The third-order valence-electron chi connectivity index (χ3n) is 2.67. The molecule has 0 aromatic heterocycles. The second kappa shape index (κ2) is 5.65. The van der Waals surface area contributed by atoms with E-state index in [9.17, 15) is 4.79 Å². The van der Waals surface area contributed by atoms with Gasteiger partial charge in [0.25, 0.3) is 0 Å². The van der Waals surface area contributed by atoms with Gasteiger partial charge in [-0.15, -0.1) is 23.5 Å². The van der Waals surface area contributed by atoms with E-state index in [1.54, 1.807) is 23.5 Å². The van der Waals surface area contributed by atoms with Crippen LogP contribution in [0.3, 0.4) is 0 Å². The summed E-state index contributed by atoms with van der Waals surface area (Å²) >= 11 is 3.22. The number of hydrogen-bond donors (Lipinski definition) is 0. The highest BCUT2D eigenvalue weighted by Gasteiger charge is 2.32. The molecule has 0 bridgehead atoms. The van der Waals surface area contributed by atoms with E-state index < -0.39 is 0 Å². The Hall–Kier alpha value is -0.870. The van der Waals surface area contributed by atoms with E-state index in [1.807, 2.05) is 42.8 Å². The van der Waals surface area contributed by atoms with Crippen LogP contribution in [0, 0.1) is 0 Å².